The van der Waals surface area contributed by atoms with Gasteiger partial charge in [0.2, 0.25) is 0 Å². The fourth-order valence-electron chi connectivity index (χ4n) is 1.81. The van der Waals surface area contributed by atoms with Crippen LogP contribution in [-0.4, -0.2) is 25.9 Å². The number of aryl methyl sites for hydroxylation is 1. The summed E-state index contributed by atoms with van der Waals surface area (Å²) in [6, 6.07) is 5.85. The van der Waals surface area contributed by atoms with Gasteiger partial charge in [0, 0.05) is 0 Å². The summed E-state index contributed by atoms with van der Waals surface area (Å²) in [7, 11) is 0. The molecule has 2 N–H and O–H groups in total. The van der Waals surface area contributed by atoms with Gasteiger partial charge in [-0.25, -0.2) is 9.00 Å². The molecule has 0 aliphatic carbocycles. The molecule has 0 saturated heterocycles. The van der Waals surface area contributed by atoms with Gasteiger partial charge in [0.1, 0.15) is 6.04 Å². The Morgan fingerprint density at radius 1 is 1.32 bits per heavy atom. The molecular weight excluding hydrogens is 266 g/mol. The quantitative estimate of drug-likeness (QED) is 0.787. The van der Waals surface area contributed by atoms with Crippen molar-refractivity contribution in [1.29, 1.82) is 0 Å². The third kappa shape index (κ3) is 4.33. The van der Waals surface area contributed by atoms with Gasteiger partial charge in [-0.1, -0.05) is 31.5 Å². The van der Waals surface area contributed by atoms with Crippen molar-refractivity contribution in [2.24, 2.45) is 5.92 Å². The van der Waals surface area contributed by atoms with E-state index in [0.717, 1.165) is 9.87 Å². The van der Waals surface area contributed by atoms with Crippen molar-refractivity contribution in [1.82, 2.24) is 0 Å². The molecule has 106 valence electrons. The van der Waals surface area contributed by atoms with Crippen molar-refractivity contribution < 1.29 is 18.7 Å². The summed E-state index contributed by atoms with van der Waals surface area (Å²) in [5.74, 6) is -0.991. The molecular formula is C13H19NO4S. The average molecular weight is 285 g/mol. The van der Waals surface area contributed by atoms with Crippen molar-refractivity contribution in [3.05, 3.63) is 29.8 Å². The minimum absolute atomic E-state index is 0.109. The van der Waals surface area contributed by atoms with Crippen LogP contribution in [0, 0.1) is 12.8 Å². The van der Waals surface area contributed by atoms with Gasteiger partial charge >= 0.3 is 5.97 Å². The Balaban J connectivity index is 3.13. The number of carboxylic acids is 1. The second-order valence-electron chi connectivity index (χ2n) is 4.88. The molecule has 1 aromatic carbocycles. The maximum absolute atomic E-state index is 11.5. The van der Waals surface area contributed by atoms with Gasteiger partial charge in [-0.3, -0.25) is 8.86 Å². The van der Waals surface area contributed by atoms with Crippen molar-refractivity contribution >= 4 is 22.9 Å². The summed E-state index contributed by atoms with van der Waals surface area (Å²) in [5, 5.41) is 9.27. The van der Waals surface area contributed by atoms with Crippen LogP contribution in [0.4, 0.5) is 5.69 Å². The number of hydrogen-bond donors (Lipinski definition) is 2. The summed E-state index contributed by atoms with van der Waals surface area (Å²) in [6.07, 6.45) is 0.301. The highest BCUT2D eigenvalue weighted by Crippen LogP contribution is 2.23. The molecule has 5 nitrogen and oxygen atoms in total. The molecule has 2 unspecified atom stereocenters. The van der Waals surface area contributed by atoms with Gasteiger partial charge in [-0.2, -0.15) is 0 Å². The number of anilines is 1. The molecule has 6 heteroatoms. The first-order chi connectivity index (χ1) is 8.82. The number of aliphatic carboxylic acids is 1. The van der Waals surface area contributed by atoms with Crippen molar-refractivity contribution in [2.45, 2.75) is 33.2 Å². The summed E-state index contributed by atoms with van der Waals surface area (Å²) in [5.41, 5.74) is 1.43. The van der Waals surface area contributed by atoms with E-state index in [0.29, 0.717) is 12.1 Å². The highest BCUT2D eigenvalue weighted by atomic mass is 32.2. The molecule has 0 saturated carbocycles. The molecule has 0 bridgehead atoms. The molecule has 0 aliphatic rings. The first kappa shape index (κ1) is 15.7. The Hall–Kier alpha value is -1.40. The third-order valence-corrected chi connectivity index (χ3v) is 3.52. The SMILES string of the molecule is Cc1ccc(N(C(CC(C)C)C(=O)O)S(=O)O)cc1. The molecule has 0 aliphatic heterocycles. The molecule has 0 amide bonds. The van der Waals surface area contributed by atoms with Gasteiger partial charge in [0.25, 0.3) is 11.3 Å². The standard InChI is InChI=1S/C13H19NO4S/c1-9(2)8-12(13(15)16)14(19(17)18)11-6-4-10(3)5-7-11/h4-7,9,12H,8H2,1-3H3,(H,15,16)(H,17,18). The Kier molecular flexibility index (Phi) is 5.50. The van der Waals surface area contributed by atoms with Crippen LogP contribution in [0.5, 0.6) is 0 Å². The summed E-state index contributed by atoms with van der Waals surface area (Å²) >= 11 is -2.38. The molecule has 0 spiro atoms. The van der Waals surface area contributed by atoms with Crippen LogP contribution in [0.1, 0.15) is 25.8 Å². The van der Waals surface area contributed by atoms with Crippen LogP contribution >= 0.6 is 0 Å². The first-order valence-electron chi connectivity index (χ1n) is 6.02. The number of carbonyl (C=O) groups is 1. The van der Waals surface area contributed by atoms with E-state index >= 15 is 0 Å². The number of carboxylic acid groups (broad SMARTS) is 1. The van der Waals surface area contributed by atoms with Gasteiger partial charge in [0.05, 0.1) is 5.69 Å². The number of benzene rings is 1. The van der Waals surface area contributed by atoms with Crippen molar-refractivity contribution in [2.75, 3.05) is 4.31 Å². The van der Waals surface area contributed by atoms with Crippen LogP contribution in [0.15, 0.2) is 24.3 Å². The topological polar surface area (TPSA) is 77.8 Å². The maximum atomic E-state index is 11.5. The normalized spacial score (nSPS) is 14.2. The lowest BCUT2D eigenvalue weighted by Gasteiger charge is -2.28. The lowest BCUT2D eigenvalue weighted by Crippen LogP contribution is -2.43. The Morgan fingerprint density at radius 3 is 2.21 bits per heavy atom. The fraction of sp³-hybridized carbons (Fsp3) is 0.462. The predicted molar refractivity (Wildman–Crippen MR) is 75.3 cm³/mol. The van der Waals surface area contributed by atoms with Crippen molar-refractivity contribution in [3.8, 4) is 0 Å². The molecule has 0 fully saturated rings. The van der Waals surface area contributed by atoms with Gasteiger partial charge in [0.15, 0.2) is 0 Å². The minimum Gasteiger partial charge on any atom is -0.480 e. The van der Waals surface area contributed by atoms with Crippen molar-refractivity contribution in [3.63, 3.8) is 0 Å². The lowest BCUT2D eigenvalue weighted by atomic mass is 10.0. The van der Waals surface area contributed by atoms with Crippen LogP contribution in [0.2, 0.25) is 0 Å². The summed E-state index contributed by atoms with van der Waals surface area (Å²) in [6.45, 7) is 5.65. The van der Waals surface area contributed by atoms with E-state index < -0.39 is 23.3 Å². The zero-order valence-corrected chi connectivity index (χ0v) is 12.1. The van der Waals surface area contributed by atoms with E-state index in [9.17, 15) is 18.7 Å². The van der Waals surface area contributed by atoms with Crippen LogP contribution in [0.25, 0.3) is 0 Å². The highest BCUT2D eigenvalue weighted by molar-refractivity contribution is 7.80. The molecule has 1 aromatic rings. The van der Waals surface area contributed by atoms with E-state index in [1.807, 2.05) is 20.8 Å². The molecule has 0 heterocycles. The number of rotatable bonds is 6. The lowest BCUT2D eigenvalue weighted by molar-refractivity contribution is -0.138. The largest absolute Gasteiger partial charge is 0.480 e. The van der Waals surface area contributed by atoms with E-state index in [1.165, 1.54) is 0 Å². The molecule has 19 heavy (non-hydrogen) atoms. The zero-order chi connectivity index (χ0) is 14.6. The number of hydrogen-bond acceptors (Lipinski definition) is 2. The highest BCUT2D eigenvalue weighted by Gasteiger charge is 2.30. The van der Waals surface area contributed by atoms with E-state index in [2.05, 4.69) is 0 Å². The molecule has 0 aromatic heterocycles. The molecule has 0 radical (unpaired) electrons. The molecule has 2 atom stereocenters. The second kappa shape index (κ2) is 6.68. The average Bonchev–Trinajstić information content (AvgIpc) is 2.29. The van der Waals surface area contributed by atoms with E-state index in [4.69, 9.17) is 0 Å². The van der Waals surface area contributed by atoms with Gasteiger partial charge < -0.3 is 5.11 Å². The number of nitrogens with zero attached hydrogens (tertiary/aromatic N) is 1. The Bertz CT molecular complexity index is 458. The van der Waals surface area contributed by atoms with Crippen LogP contribution in [0.3, 0.4) is 0 Å². The maximum Gasteiger partial charge on any atom is 0.327 e. The monoisotopic (exact) mass is 285 g/mol. The van der Waals surface area contributed by atoms with Crippen LogP contribution < -0.4 is 4.31 Å². The van der Waals surface area contributed by atoms with E-state index in [-0.39, 0.29) is 5.92 Å². The van der Waals surface area contributed by atoms with Gasteiger partial charge in [-0.15, -0.1) is 0 Å². The summed E-state index contributed by atoms with van der Waals surface area (Å²) in [4.78, 5) is 11.3. The zero-order valence-electron chi connectivity index (χ0n) is 11.2. The fourth-order valence-corrected chi connectivity index (χ4v) is 2.51. The first-order valence-corrected chi connectivity index (χ1v) is 7.09. The smallest absolute Gasteiger partial charge is 0.327 e. The Labute approximate surface area is 115 Å². The molecule has 1 rings (SSSR count). The van der Waals surface area contributed by atoms with Gasteiger partial charge in [-0.05, 0) is 31.4 Å². The van der Waals surface area contributed by atoms with Crippen LogP contribution in [-0.2, 0) is 16.1 Å². The minimum atomic E-state index is -2.38. The Morgan fingerprint density at radius 2 is 1.84 bits per heavy atom. The third-order valence-electron chi connectivity index (χ3n) is 2.72. The van der Waals surface area contributed by atoms with E-state index in [1.54, 1.807) is 24.3 Å². The second-order valence-corrected chi connectivity index (χ2v) is 5.73. The predicted octanol–water partition coefficient (Wildman–Crippen LogP) is 2.44. The summed E-state index contributed by atoms with van der Waals surface area (Å²) < 4.78 is 21.9.